The molecule has 0 aromatic heterocycles. The van der Waals surface area contributed by atoms with Gasteiger partial charge in [-0.25, -0.2) is 0 Å². The monoisotopic (exact) mass is 233 g/mol. The van der Waals surface area contributed by atoms with Gasteiger partial charge in [0.25, 0.3) is 0 Å². The lowest BCUT2D eigenvalue weighted by atomic mass is 10.1. The van der Waals surface area contributed by atoms with Crippen LogP contribution in [-0.2, 0) is 0 Å². The fourth-order valence-electron chi connectivity index (χ4n) is 2.78. The molecule has 94 valence electrons. The Kier molecular flexibility index (Phi) is 3.82. The summed E-state index contributed by atoms with van der Waals surface area (Å²) in [7, 11) is 4.21. The fraction of sp³-hybridized carbons (Fsp3) is 0.571. The number of hydrogen-bond acceptors (Lipinski definition) is 3. The maximum atomic E-state index is 6.16. The van der Waals surface area contributed by atoms with Crippen LogP contribution in [0.5, 0.6) is 0 Å². The van der Waals surface area contributed by atoms with Crippen LogP contribution in [0.1, 0.15) is 36.6 Å². The highest BCUT2D eigenvalue weighted by Crippen LogP contribution is 2.37. The van der Waals surface area contributed by atoms with Crippen LogP contribution >= 0.6 is 0 Å². The Labute approximate surface area is 104 Å². The molecule has 0 aliphatic heterocycles. The summed E-state index contributed by atoms with van der Waals surface area (Å²) in [5.41, 5.74) is 8.85. The number of rotatable bonds is 4. The van der Waals surface area contributed by atoms with Crippen LogP contribution in [0.15, 0.2) is 24.3 Å². The lowest BCUT2D eigenvalue weighted by molar-refractivity contribution is 0.325. The average Bonchev–Trinajstić information content (AvgIpc) is 2.55. The van der Waals surface area contributed by atoms with Crippen molar-refractivity contribution in [3.8, 4) is 0 Å². The van der Waals surface area contributed by atoms with Crippen molar-refractivity contribution < 1.29 is 0 Å². The van der Waals surface area contributed by atoms with Gasteiger partial charge in [0.05, 0.1) is 0 Å². The Bertz CT molecular complexity index is 375. The highest BCUT2D eigenvalue weighted by Gasteiger charge is 2.28. The number of nitrogens with one attached hydrogen (secondary N) is 1. The van der Waals surface area contributed by atoms with Gasteiger partial charge in [0.2, 0.25) is 0 Å². The van der Waals surface area contributed by atoms with Gasteiger partial charge in [0, 0.05) is 24.7 Å². The first-order valence-corrected chi connectivity index (χ1v) is 6.33. The molecule has 3 heteroatoms. The SMILES string of the molecule is CC(CN(C)C)NC1CC(N)c2ccccc21. The summed E-state index contributed by atoms with van der Waals surface area (Å²) < 4.78 is 0. The molecule has 0 spiro atoms. The molecule has 17 heavy (non-hydrogen) atoms. The molecule has 1 aromatic rings. The molecule has 0 bridgehead atoms. The van der Waals surface area contributed by atoms with Gasteiger partial charge >= 0.3 is 0 Å². The summed E-state index contributed by atoms with van der Waals surface area (Å²) in [5.74, 6) is 0. The van der Waals surface area contributed by atoms with E-state index in [1.54, 1.807) is 0 Å². The Morgan fingerprint density at radius 3 is 2.65 bits per heavy atom. The van der Waals surface area contributed by atoms with Crippen LogP contribution in [0.2, 0.25) is 0 Å². The fourth-order valence-corrected chi connectivity index (χ4v) is 2.78. The van der Waals surface area contributed by atoms with E-state index in [0.717, 1.165) is 13.0 Å². The quantitative estimate of drug-likeness (QED) is 0.831. The first kappa shape index (κ1) is 12.6. The van der Waals surface area contributed by atoms with Crippen LogP contribution in [0.25, 0.3) is 0 Å². The van der Waals surface area contributed by atoms with E-state index < -0.39 is 0 Å². The van der Waals surface area contributed by atoms with Gasteiger partial charge in [-0.1, -0.05) is 24.3 Å². The number of likely N-dealkylation sites (N-methyl/N-ethyl adjacent to an activating group) is 1. The van der Waals surface area contributed by atoms with Crippen molar-refractivity contribution in [1.82, 2.24) is 10.2 Å². The maximum absolute atomic E-state index is 6.16. The van der Waals surface area contributed by atoms with Crippen molar-refractivity contribution in [2.24, 2.45) is 5.73 Å². The molecule has 1 aliphatic rings. The normalized spacial score (nSPS) is 25.0. The minimum absolute atomic E-state index is 0.190. The van der Waals surface area contributed by atoms with Crippen LogP contribution in [0, 0.1) is 0 Å². The zero-order chi connectivity index (χ0) is 12.4. The number of nitrogens with zero attached hydrogens (tertiary/aromatic N) is 1. The molecule has 3 atom stereocenters. The lowest BCUT2D eigenvalue weighted by Crippen LogP contribution is -2.37. The lowest BCUT2D eigenvalue weighted by Gasteiger charge is -2.23. The molecular weight excluding hydrogens is 210 g/mol. The molecule has 0 saturated carbocycles. The van der Waals surface area contributed by atoms with Crippen molar-refractivity contribution in [3.63, 3.8) is 0 Å². The Balaban J connectivity index is 2.05. The van der Waals surface area contributed by atoms with Crippen molar-refractivity contribution in [1.29, 1.82) is 0 Å². The molecule has 3 unspecified atom stereocenters. The zero-order valence-electron chi connectivity index (χ0n) is 11.0. The smallest absolute Gasteiger partial charge is 0.0344 e. The predicted octanol–water partition coefficient (Wildman–Crippen LogP) is 1.67. The summed E-state index contributed by atoms with van der Waals surface area (Å²) in [4.78, 5) is 2.21. The van der Waals surface area contributed by atoms with Crippen molar-refractivity contribution in [3.05, 3.63) is 35.4 Å². The first-order valence-electron chi connectivity index (χ1n) is 6.33. The van der Waals surface area contributed by atoms with Crippen molar-refractivity contribution in [2.45, 2.75) is 31.5 Å². The molecule has 1 aliphatic carbocycles. The van der Waals surface area contributed by atoms with E-state index >= 15 is 0 Å². The van der Waals surface area contributed by atoms with E-state index in [9.17, 15) is 0 Å². The summed E-state index contributed by atoms with van der Waals surface area (Å²) in [6.45, 7) is 3.28. The topological polar surface area (TPSA) is 41.3 Å². The van der Waals surface area contributed by atoms with Gasteiger partial charge < -0.3 is 16.0 Å². The van der Waals surface area contributed by atoms with E-state index in [4.69, 9.17) is 5.73 Å². The molecule has 1 aromatic carbocycles. The Morgan fingerprint density at radius 1 is 1.35 bits per heavy atom. The minimum Gasteiger partial charge on any atom is -0.324 e. The zero-order valence-corrected chi connectivity index (χ0v) is 11.0. The summed E-state index contributed by atoms with van der Waals surface area (Å²) >= 11 is 0. The van der Waals surface area contributed by atoms with E-state index in [1.165, 1.54) is 11.1 Å². The Hall–Kier alpha value is -0.900. The average molecular weight is 233 g/mol. The van der Waals surface area contributed by atoms with Gasteiger partial charge in [-0.3, -0.25) is 0 Å². The molecule has 0 radical (unpaired) electrons. The summed E-state index contributed by atoms with van der Waals surface area (Å²) in [6.07, 6.45) is 1.01. The molecule has 3 nitrogen and oxygen atoms in total. The van der Waals surface area contributed by atoms with Gasteiger partial charge in [-0.2, -0.15) is 0 Å². The van der Waals surface area contributed by atoms with Crippen LogP contribution in [0.3, 0.4) is 0 Å². The molecule has 0 fully saturated rings. The molecule has 0 saturated heterocycles. The number of fused-ring (bicyclic) bond motifs is 1. The van der Waals surface area contributed by atoms with E-state index in [0.29, 0.717) is 12.1 Å². The van der Waals surface area contributed by atoms with E-state index in [1.807, 2.05) is 0 Å². The molecule has 0 heterocycles. The number of nitrogens with two attached hydrogens (primary N) is 1. The maximum Gasteiger partial charge on any atom is 0.0344 e. The van der Waals surface area contributed by atoms with Gasteiger partial charge in [-0.05, 0) is 38.6 Å². The number of benzene rings is 1. The summed E-state index contributed by atoms with van der Waals surface area (Å²) in [5, 5.41) is 3.68. The van der Waals surface area contributed by atoms with Crippen LogP contribution in [0.4, 0.5) is 0 Å². The van der Waals surface area contributed by atoms with Gasteiger partial charge in [0.15, 0.2) is 0 Å². The first-order chi connectivity index (χ1) is 8.08. The van der Waals surface area contributed by atoms with Crippen LogP contribution in [-0.4, -0.2) is 31.6 Å². The highest BCUT2D eigenvalue weighted by molar-refractivity contribution is 5.37. The van der Waals surface area contributed by atoms with Crippen molar-refractivity contribution >= 4 is 0 Å². The largest absolute Gasteiger partial charge is 0.324 e. The third-order valence-corrected chi connectivity index (χ3v) is 3.39. The third kappa shape index (κ3) is 2.86. The second-order valence-corrected chi connectivity index (χ2v) is 5.35. The predicted molar refractivity (Wildman–Crippen MR) is 71.9 cm³/mol. The molecular formula is C14H23N3. The molecule has 0 amide bonds. The highest BCUT2D eigenvalue weighted by atomic mass is 15.1. The van der Waals surface area contributed by atoms with Gasteiger partial charge in [-0.15, -0.1) is 0 Å². The van der Waals surface area contributed by atoms with Crippen molar-refractivity contribution in [2.75, 3.05) is 20.6 Å². The van der Waals surface area contributed by atoms with Crippen LogP contribution < -0.4 is 11.1 Å². The third-order valence-electron chi connectivity index (χ3n) is 3.39. The Morgan fingerprint density at radius 2 is 2.00 bits per heavy atom. The van der Waals surface area contributed by atoms with E-state index in [-0.39, 0.29) is 6.04 Å². The van der Waals surface area contributed by atoms with E-state index in [2.05, 4.69) is 55.5 Å². The second kappa shape index (κ2) is 5.17. The second-order valence-electron chi connectivity index (χ2n) is 5.35. The van der Waals surface area contributed by atoms with Gasteiger partial charge in [0.1, 0.15) is 0 Å². The molecule has 2 rings (SSSR count). The molecule has 3 N–H and O–H groups in total. The number of hydrogen-bond donors (Lipinski definition) is 2. The summed E-state index contributed by atoms with van der Waals surface area (Å²) in [6, 6.07) is 9.60. The minimum atomic E-state index is 0.190. The standard InChI is InChI=1S/C14H23N3/c1-10(9-17(2)3)16-14-8-13(15)11-6-4-5-7-12(11)14/h4-7,10,13-14,16H,8-9,15H2,1-3H3.